The zero-order valence-electron chi connectivity index (χ0n) is 16.3. The minimum atomic E-state index is -0.338. The number of rotatable bonds is 3. The van der Waals surface area contributed by atoms with Gasteiger partial charge >= 0.3 is 0 Å². The minimum absolute atomic E-state index is 0.178. The number of carbonyl (C=O) groups excluding carboxylic acids is 1. The van der Waals surface area contributed by atoms with Crippen molar-refractivity contribution in [1.29, 1.82) is 0 Å². The minimum Gasteiger partial charge on any atom is -0.436 e. The van der Waals surface area contributed by atoms with Gasteiger partial charge < -0.3 is 9.73 Å². The average molecular weight is 436 g/mol. The number of aromatic nitrogens is 1. The molecule has 0 atom stereocenters. The number of hydrogen-bond donors (Lipinski definition) is 2. The summed E-state index contributed by atoms with van der Waals surface area (Å²) < 4.78 is 5.93. The van der Waals surface area contributed by atoms with Crippen molar-refractivity contribution in [2.75, 3.05) is 5.32 Å². The number of fused-ring (bicyclic) bond motifs is 1. The molecule has 0 radical (unpaired) electrons. The van der Waals surface area contributed by atoms with Gasteiger partial charge in [-0.3, -0.25) is 10.1 Å². The average Bonchev–Trinajstić information content (AvgIpc) is 3.13. The van der Waals surface area contributed by atoms with E-state index in [0.717, 1.165) is 11.1 Å². The summed E-state index contributed by atoms with van der Waals surface area (Å²) in [6, 6.07) is 18.2. The van der Waals surface area contributed by atoms with Crippen molar-refractivity contribution >= 4 is 51.6 Å². The third kappa shape index (κ3) is 4.20. The van der Waals surface area contributed by atoms with Gasteiger partial charge in [-0.15, -0.1) is 0 Å². The van der Waals surface area contributed by atoms with Crippen molar-refractivity contribution in [3.63, 3.8) is 0 Å². The number of nitrogens with one attached hydrogen (secondary N) is 2. The molecule has 150 valence electrons. The molecule has 0 spiro atoms. The van der Waals surface area contributed by atoms with E-state index in [1.165, 1.54) is 5.56 Å². The molecule has 3 aromatic carbocycles. The molecule has 7 heteroatoms. The predicted octanol–water partition coefficient (Wildman–Crippen LogP) is 5.89. The molecule has 4 rings (SSSR count). The lowest BCUT2D eigenvalue weighted by Crippen LogP contribution is -2.34. The SMILES string of the molecule is Cc1cccc(-c2nc3cc(NC(=S)NC(=O)c4cccc(Cl)c4)ccc3o2)c1C. The van der Waals surface area contributed by atoms with Crippen molar-refractivity contribution in [1.82, 2.24) is 10.3 Å². The number of halogens is 1. The molecule has 0 saturated heterocycles. The number of thiocarbonyl (C=S) groups is 1. The monoisotopic (exact) mass is 435 g/mol. The van der Waals surface area contributed by atoms with E-state index in [2.05, 4.69) is 28.6 Å². The van der Waals surface area contributed by atoms with Crippen LogP contribution in [-0.2, 0) is 0 Å². The molecule has 2 N–H and O–H groups in total. The van der Waals surface area contributed by atoms with E-state index in [1.807, 2.05) is 37.3 Å². The van der Waals surface area contributed by atoms with Gasteiger partial charge in [-0.2, -0.15) is 0 Å². The molecular formula is C23H18ClN3O2S. The maximum absolute atomic E-state index is 12.3. The Hall–Kier alpha value is -3.22. The highest BCUT2D eigenvalue weighted by Crippen LogP contribution is 2.29. The summed E-state index contributed by atoms with van der Waals surface area (Å²) in [4.78, 5) is 16.9. The highest BCUT2D eigenvalue weighted by atomic mass is 35.5. The van der Waals surface area contributed by atoms with Crippen molar-refractivity contribution < 1.29 is 9.21 Å². The van der Waals surface area contributed by atoms with Crippen molar-refractivity contribution in [3.8, 4) is 11.5 Å². The van der Waals surface area contributed by atoms with Crippen LogP contribution in [0.3, 0.4) is 0 Å². The van der Waals surface area contributed by atoms with Crippen molar-refractivity contribution in [3.05, 3.63) is 82.4 Å². The lowest BCUT2D eigenvalue weighted by atomic mass is 10.0. The van der Waals surface area contributed by atoms with Crippen LogP contribution in [0.25, 0.3) is 22.6 Å². The lowest BCUT2D eigenvalue weighted by molar-refractivity contribution is 0.0977. The molecule has 4 aromatic rings. The number of anilines is 1. The van der Waals surface area contributed by atoms with Gasteiger partial charge in [0.25, 0.3) is 5.91 Å². The topological polar surface area (TPSA) is 67.2 Å². The van der Waals surface area contributed by atoms with Crippen LogP contribution < -0.4 is 10.6 Å². The summed E-state index contributed by atoms with van der Waals surface area (Å²) in [7, 11) is 0. The van der Waals surface area contributed by atoms with E-state index in [9.17, 15) is 4.79 Å². The molecule has 30 heavy (non-hydrogen) atoms. The normalized spacial score (nSPS) is 10.8. The van der Waals surface area contributed by atoms with Crippen LogP contribution in [0.4, 0.5) is 5.69 Å². The van der Waals surface area contributed by atoms with E-state index in [1.54, 1.807) is 24.3 Å². The number of nitrogens with zero attached hydrogens (tertiary/aromatic N) is 1. The summed E-state index contributed by atoms with van der Waals surface area (Å²) in [5, 5.41) is 6.31. The first-order valence-corrected chi connectivity index (χ1v) is 10.0. The van der Waals surface area contributed by atoms with E-state index >= 15 is 0 Å². The lowest BCUT2D eigenvalue weighted by Gasteiger charge is -2.09. The third-order valence-corrected chi connectivity index (χ3v) is 5.23. The van der Waals surface area contributed by atoms with Crippen LogP contribution in [0, 0.1) is 13.8 Å². The van der Waals surface area contributed by atoms with Crippen LogP contribution in [-0.4, -0.2) is 16.0 Å². The Morgan fingerprint density at radius 1 is 1.07 bits per heavy atom. The van der Waals surface area contributed by atoms with Gasteiger partial charge in [0.2, 0.25) is 5.89 Å². The summed E-state index contributed by atoms with van der Waals surface area (Å²) in [5.41, 5.74) is 5.76. The van der Waals surface area contributed by atoms with E-state index in [4.69, 9.17) is 28.2 Å². The Kier molecular flexibility index (Phi) is 5.53. The second-order valence-corrected chi connectivity index (χ2v) is 7.71. The molecule has 1 aromatic heterocycles. The molecule has 1 heterocycles. The highest BCUT2D eigenvalue weighted by Gasteiger charge is 2.13. The highest BCUT2D eigenvalue weighted by molar-refractivity contribution is 7.80. The zero-order valence-corrected chi connectivity index (χ0v) is 17.9. The fourth-order valence-electron chi connectivity index (χ4n) is 3.07. The van der Waals surface area contributed by atoms with Crippen LogP contribution in [0.15, 0.2) is 65.1 Å². The van der Waals surface area contributed by atoms with Gasteiger partial charge in [0, 0.05) is 21.8 Å². The largest absolute Gasteiger partial charge is 0.436 e. The van der Waals surface area contributed by atoms with Crippen LogP contribution in [0.2, 0.25) is 5.02 Å². The standard InChI is InChI=1S/C23H18ClN3O2S/c1-13-5-3-8-18(14(13)2)22-26-19-12-17(9-10-20(19)29-22)25-23(30)27-21(28)15-6-4-7-16(24)11-15/h3-12H,1-2H3,(H2,25,27,28,30). The third-order valence-electron chi connectivity index (χ3n) is 4.79. The van der Waals surface area contributed by atoms with Crippen LogP contribution >= 0.6 is 23.8 Å². The Balaban J connectivity index is 1.52. The number of benzene rings is 3. The smallest absolute Gasteiger partial charge is 0.257 e. The fraction of sp³-hybridized carbons (Fsp3) is 0.0870. The molecule has 0 fully saturated rings. The van der Waals surface area contributed by atoms with Crippen LogP contribution in [0.1, 0.15) is 21.5 Å². The number of hydrogen-bond acceptors (Lipinski definition) is 4. The summed E-state index contributed by atoms with van der Waals surface area (Å²) in [5.74, 6) is 0.231. The molecule has 0 aliphatic heterocycles. The molecule has 0 bridgehead atoms. The van der Waals surface area contributed by atoms with Gasteiger partial charge in [0.1, 0.15) is 5.52 Å². The van der Waals surface area contributed by atoms with Crippen LogP contribution in [0.5, 0.6) is 0 Å². The Morgan fingerprint density at radius 3 is 2.67 bits per heavy atom. The van der Waals surface area contributed by atoms with Gasteiger partial charge in [0.05, 0.1) is 0 Å². The van der Waals surface area contributed by atoms with Crippen molar-refractivity contribution in [2.24, 2.45) is 0 Å². The van der Waals surface area contributed by atoms with E-state index in [0.29, 0.717) is 33.3 Å². The molecule has 0 aliphatic rings. The fourth-order valence-corrected chi connectivity index (χ4v) is 3.47. The Bertz CT molecular complexity index is 1280. The molecule has 0 aliphatic carbocycles. The summed E-state index contributed by atoms with van der Waals surface area (Å²) >= 11 is 11.2. The van der Waals surface area contributed by atoms with E-state index < -0.39 is 0 Å². The molecule has 0 unspecified atom stereocenters. The second-order valence-electron chi connectivity index (χ2n) is 6.87. The van der Waals surface area contributed by atoms with Gasteiger partial charge in [0.15, 0.2) is 10.7 Å². The van der Waals surface area contributed by atoms with E-state index in [-0.39, 0.29) is 11.0 Å². The molecule has 0 saturated carbocycles. The molecular weight excluding hydrogens is 418 g/mol. The quantitative estimate of drug-likeness (QED) is 0.392. The summed E-state index contributed by atoms with van der Waals surface area (Å²) in [6.07, 6.45) is 0. The second kappa shape index (κ2) is 8.26. The van der Waals surface area contributed by atoms with Crippen molar-refractivity contribution in [2.45, 2.75) is 13.8 Å². The Labute approximate surface area is 184 Å². The number of carbonyl (C=O) groups is 1. The van der Waals surface area contributed by atoms with Gasteiger partial charge in [-0.1, -0.05) is 29.8 Å². The first-order valence-electron chi connectivity index (χ1n) is 9.26. The number of aryl methyl sites for hydroxylation is 1. The zero-order chi connectivity index (χ0) is 21.3. The molecule has 5 nitrogen and oxygen atoms in total. The summed E-state index contributed by atoms with van der Waals surface area (Å²) in [6.45, 7) is 4.11. The first kappa shape index (κ1) is 20.1. The molecule has 1 amide bonds. The number of amides is 1. The number of oxazole rings is 1. The van der Waals surface area contributed by atoms with Gasteiger partial charge in [-0.05, 0) is 79.7 Å². The Morgan fingerprint density at radius 2 is 1.87 bits per heavy atom. The maximum atomic E-state index is 12.3. The van der Waals surface area contributed by atoms with Gasteiger partial charge in [-0.25, -0.2) is 4.98 Å². The predicted molar refractivity (Wildman–Crippen MR) is 124 cm³/mol. The first-order chi connectivity index (χ1) is 14.4. The maximum Gasteiger partial charge on any atom is 0.257 e.